The average Bonchev–Trinajstić information content (AvgIpc) is 3.12. The molecule has 0 aliphatic carbocycles. The molecule has 1 unspecified atom stereocenters. The number of carbonyl (C=O) groups excluding carboxylic acids is 1. The predicted octanol–water partition coefficient (Wildman–Crippen LogP) is 3.30. The van der Waals surface area contributed by atoms with E-state index in [-0.39, 0.29) is 5.91 Å². The third-order valence-electron chi connectivity index (χ3n) is 3.88. The Morgan fingerprint density at radius 3 is 2.90 bits per heavy atom. The summed E-state index contributed by atoms with van der Waals surface area (Å²) in [6.45, 7) is 2.95. The Hall–Kier alpha value is -1.68. The zero-order valence-corrected chi connectivity index (χ0v) is 12.4. The van der Waals surface area contributed by atoms with E-state index in [1.807, 2.05) is 10.3 Å². The number of thiazole rings is 1. The normalized spacial score (nSPS) is 18.4. The molecule has 0 radical (unpaired) electrons. The van der Waals surface area contributed by atoms with Crippen molar-refractivity contribution in [3.05, 3.63) is 52.0 Å². The number of carbonyl (C=O) groups is 1. The minimum Gasteiger partial charge on any atom is -0.334 e. The number of aryl methyl sites for hydroxylation is 1. The standard InChI is InChI=1S/C16H18N2OS/c1-12-4-6-13(7-5-12)9-14-3-2-8-18(14)16(19)15-10-20-11-17-15/h4-7,10-11,14H,2-3,8-9H2,1H3. The quantitative estimate of drug-likeness (QED) is 0.867. The van der Waals surface area contributed by atoms with Crippen LogP contribution in [0.1, 0.15) is 34.5 Å². The summed E-state index contributed by atoms with van der Waals surface area (Å²) in [5.41, 5.74) is 4.89. The third kappa shape index (κ3) is 2.75. The van der Waals surface area contributed by atoms with Gasteiger partial charge >= 0.3 is 0 Å². The van der Waals surface area contributed by atoms with E-state index in [0.29, 0.717) is 11.7 Å². The molecule has 1 atom stereocenters. The van der Waals surface area contributed by atoms with Crippen molar-refractivity contribution in [2.45, 2.75) is 32.2 Å². The van der Waals surface area contributed by atoms with Crippen molar-refractivity contribution in [2.24, 2.45) is 0 Å². The highest BCUT2D eigenvalue weighted by molar-refractivity contribution is 7.07. The van der Waals surface area contributed by atoms with E-state index < -0.39 is 0 Å². The largest absolute Gasteiger partial charge is 0.334 e. The maximum atomic E-state index is 12.4. The van der Waals surface area contributed by atoms with Gasteiger partial charge in [-0.25, -0.2) is 4.98 Å². The van der Waals surface area contributed by atoms with Crippen LogP contribution in [0.4, 0.5) is 0 Å². The summed E-state index contributed by atoms with van der Waals surface area (Å²) in [5, 5.41) is 1.84. The first-order valence-corrected chi connectivity index (χ1v) is 7.93. The first-order chi connectivity index (χ1) is 9.74. The summed E-state index contributed by atoms with van der Waals surface area (Å²) in [5.74, 6) is 0.0841. The van der Waals surface area contributed by atoms with Crippen molar-refractivity contribution in [3.63, 3.8) is 0 Å². The lowest BCUT2D eigenvalue weighted by molar-refractivity contribution is 0.0731. The van der Waals surface area contributed by atoms with Gasteiger partial charge in [0.05, 0.1) is 5.51 Å². The van der Waals surface area contributed by atoms with Gasteiger partial charge in [0, 0.05) is 18.0 Å². The molecule has 0 N–H and O–H groups in total. The number of amides is 1. The lowest BCUT2D eigenvalue weighted by Gasteiger charge is -2.24. The molecule has 1 saturated heterocycles. The number of benzene rings is 1. The SMILES string of the molecule is Cc1ccc(CC2CCCN2C(=O)c2cscn2)cc1. The van der Waals surface area contributed by atoms with Crippen LogP contribution < -0.4 is 0 Å². The van der Waals surface area contributed by atoms with Crippen molar-refractivity contribution in [2.75, 3.05) is 6.54 Å². The summed E-state index contributed by atoms with van der Waals surface area (Å²) in [4.78, 5) is 18.6. The van der Waals surface area contributed by atoms with Gasteiger partial charge in [0.15, 0.2) is 0 Å². The molecule has 0 spiro atoms. The van der Waals surface area contributed by atoms with Gasteiger partial charge in [-0.1, -0.05) is 29.8 Å². The van der Waals surface area contributed by atoms with Crippen LogP contribution in [0.3, 0.4) is 0 Å². The fourth-order valence-electron chi connectivity index (χ4n) is 2.78. The van der Waals surface area contributed by atoms with Crippen molar-refractivity contribution in [3.8, 4) is 0 Å². The molecule has 3 rings (SSSR count). The van der Waals surface area contributed by atoms with E-state index in [2.05, 4.69) is 36.2 Å². The maximum absolute atomic E-state index is 12.4. The predicted molar refractivity (Wildman–Crippen MR) is 81.1 cm³/mol. The van der Waals surface area contributed by atoms with Crippen LogP contribution in [0.5, 0.6) is 0 Å². The summed E-state index contributed by atoms with van der Waals surface area (Å²) in [6, 6.07) is 8.92. The highest BCUT2D eigenvalue weighted by Gasteiger charge is 2.30. The molecule has 104 valence electrons. The zero-order chi connectivity index (χ0) is 13.9. The van der Waals surface area contributed by atoms with E-state index in [1.54, 1.807) is 5.51 Å². The lowest BCUT2D eigenvalue weighted by atomic mass is 10.0. The van der Waals surface area contributed by atoms with E-state index in [9.17, 15) is 4.79 Å². The van der Waals surface area contributed by atoms with Crippen LogP contribution in [0, 0.1) is 6.92 Å². The monoisotopic (exact) mass is 286 g/mol. The van der Waals surface area contributed by atoms with E-state index in [4.69, 9.17) is 0 Å². The highest BCUT2D eigenvalue weighted by Crippen LogP contribution is 2.23. The van der Waals surface area contributed by atoms with E-state index in [0.717, 1.165) is 25.8 Å². The van der Waals surface area contributed by atoms with Gasteiger partial charge in [-0.2, -0.15) is 0 Å². The number of hydrogen-bond donors (Lipinski definition) is 0. The molecule has 2 aromatic rings. The van der Waals surface area contributed by atoms with Crippen molar-refractivity contribution >= 4 is 17.2 Å². The molecule has 1 aromatic carbocycles. The van der Waals surface area contributed by atoms with Crippen LogP contribution in [0.2, 0.25) is 0 Å². The highest BCUT2D eigenvalue weighted by atomic mass is 32.1. The first-order valence-electron chi connectivity index (χ1n) is 6.99. The van der Waals surface area contributed by atoms with Gasteiger partial charge in [-0.3, -0.25) is 4.79 Å². The summed E-state index contributed by atoms with van der Waals surface area (Å²) >= 11 is 1.47. The summed E-state index contributed by atoms with van der Waals surface area (Å²) < 4.78 is 0. The zero-order valence-electron chi connectivity index (χ0n) is 11.6. The van der Waals surface area contributed by atoms with E-state index >= 15 is 0 Å². The molecule has 20 heavy (non-hydrogen) atoms. The minimum atomic E-state index is 0.0841. The smallest absolute Gasteiger partial charge is 0.273 e. The molecule has 1 aliphatic rings. The van der Waals surface area contributed by atoms with Crippen LogP contribution >= 0.6 is 11.3 Å². The Labute approximate surface area is 123 Å². The van der Waals surface area contributed by atoms with Crippen LogP contribution in [0.15, 0.2) is 35.2 Å². The molecule has 0 saturated carbocycles. The molecule has 3 nitrogen and oxygen atoms in total. The van der Waals surface area contributed by atoms with Crippen LogP contribution in [-0.2, 0) is 6.42 Å². The Morgan fingerprint density at radius 2 is 2.20 bits per heavy atom. The number of hydrogen-bond acceptors (Lipinski definition) is 3. The second-order valence-electron chi connectivity index (χ2n) is 5.36. The average molecular weight is 286 g/mol. The van der Waals surface area contributed by atoms with Crippen molar-refractivity contribution in [1.82, 2.24) is 9.88 Å². The Bertz CT molecular complexity index is 577. The maximum Gasteiger partial charge on any atom is 0.273 e. The molecule has 1 amide bonds. The van der Waals surface area contributed by atoms with Crippen LogP contribution in [0.25, 0.3) is 0 Å². The van der Waals surface area contributed by atoms with Gasteiger partial charge in [-0.05, 0) is 31.7 Å². The molecule has 4 heteroatoms. The van der Waals surface area contributed by atoms with Crippen molar-refractivity contribution in [1.29, 1.82) is 0 Å². The van der Waals surface area contributed by atoms with Gasteiger partial charge in [0.2, 0.25) is 0 Å². The molecule has 1 aliphatic heterocycles. The Morgan fingerprint density at radius 1 is 1.40 bits per heavy atom. The Balaban J connectivity index is 1.72. The van der Waals surface area contributed by atoms with Crippen LogP contribution in [-0.4, -0.2) is 28.4 Å². The molecular formula is C16H18N2OS. The fourth-order valence-corrected chi connectivity index (χ4v) is 3.30. The molecule has 1 fully saturated rings. The molecule has 2 heterocycles. The second-order valence-corrected chi connectivity index (χ2v) is 6.08. The fraction of sp³-hybridized carbons (Fsp3) is 0.375. The first kappa shape index (κ1) is 13.3. The summed E-state index contributed by atoms with van der Waals surface area (Å²) in [7, 11) is 0. The van der Waals surface area contributed by atoms with Gasteiger partial charge < -0.3 is 4.90 Å². The van der Waals surface area contributed by atoms with E-state index in [1.165, 1.54) is 22.5 Å². The summed E-state index contributed by atoms with van der Waals surface area (Å²) in [6.07, 6.45) is 3.12. The van der Waals surface area contributed by atoms with Gasteiger partial charge in [-0.15, -0.1) is 11.3 Å². The Kier molecular flexibility index (Phi) is 3.83. The third-order valence-corrected chi connectivity index (χ3v) is 4.47. The number of nitrogens with zero attached hydrogens (tertiary/aromatic N) is 2. The minimum absolute atomic E-state index is 0.0841. The van der Waals surface area contributed by atoms with Gasteiger partial charge in [0.25, 0.3) is 5.91 Å². The van der Waals surface area contributed by atoms with Gasteiger partial charge in [0.1, 0.15) is 5.69 Å². The molecule has 1 aromatic heterocycles. The molecule has 0 bridgehead atoms. The molecular weight excluding hydrogens is 268 g/mol. The number of rotatable bonds is 3. The lowest BCUT2D eigenvalue weighted by Crippen LogP contribution is -2.37. The van der Waals surface area contributed by atoms with Crippen molar-refractivity contribution < 1.29 is 4.79 Å². The topological polar surface area (TPSA) is 33.2 Å². The number of likely N-dealkylation sites (tertiary alicyclic amines) is 1. The second kappa shape index (κ2) is 5.75. The number of aromatic nitrogens is 1.